The zero-order valence-electron chi connectivity index (χ0n) is 19.4. The number of rotatable bonds is 11. The first kappa shape index (κ1) is 25.9. The summed E-state index contributed by atoms with van der Waals surface area (Å²) in [6, 6.07) is 18.0. The standard InChI is InChI=1S/C26H27FN4O3S/c1-34-14-3-13-30(26(33)29-23-11-7-20(16-28)8-12-23)19-25(32)31(18-24-4-2-15-35-24)17-21-5-9-22(27)10-6-21/h2,4-12,15H,3,13-14,17-19H2,1H3,(H,29,33). The van der Waals surface area contributed by atoms with Crippen molar-refractivity contribution in [3.63, 3.8) is 0 Å². The number of halogens is 1. The number of ether oxygens (including phenoxy) is 1. The molecule has 0 saturated heterocycles. The van der Waals surface area contributed by atoms with Crippen LogP contribution < -0.4 is 5.32 Å². The van der Waals surface area contributed by atoms with E-state index in [-0.39, 0.29) is 18.3 Å². The van der Waals surface area contributed by atoms with Crippen LogP contribution in [0.2, 0.25) is 0 Å². The van der Waals surface area contributed by atoms with Gasteiger partial charge in [0.1, 0.15) is 12.4 Å². The molecule has 35 heavy (non-hydrogen) atoms. The van der Waals surface area contributed by atoms with E-state index < -0.39 is 6.03 Å². The maximum atomic E-state index is 13.4. The molecule has 3 rings (SSSR count). The van der Waals surface area contributed by atoms with Gasteiger partial charge in [0.25, 0.3) is 0 Å². The van der Waals surface area contributed by atoms with Gasteiger partial charge in [-0.3, -0.25) is 4.79 Å². The second-order valence-electron chi connectivity index (χ2n) is 7.84. The molecule has 0 radical (unpaired) electrons. The van der Waals surface area contributed by atoms with E-state index in [2.05, 4.69) is 5.32 Å². The molecule has 2 aromatic carbocycles. The van der Waals surface area contributed by atoms with E-state index in [9.17, 15) is 14.0 Å². The minimum absolute atomic E-state index is 0.127. The summed E-state index contributed by atoms with van der Waals surface area (Å²) in [5, 5.41) is 13.7. The number of hydrogen-bond donors (Lipinski definition) is 1. The molecule has 3 aromatic rings. The zero-order chi connectivity index (χ0) is 25.0. The smallest absolute Gasteiger partial charge is 0.322 e. The number of carbonyl (C=O) groups is 2. The molecule has 1 aromatic heterocycles. The van der Waals surface area contributed by atoms with Gasteiger partial charge in [-0.25, -0.2) is 9.18 Å². The lowest BCUT2D eigenvalue weighted by Gasteiger charge is -2.28. The molecule has 0 aliphatic rings. The number of hydrogen-bond acceptors (Lipinski definition) is 5. The fraction of sp³-hybridized carbons (Fsp3) is 0.269. The number of nitrogens with one attached hydrogen (secondary N) is 1. The predicted molar refractivity (Wildman–Crippen MR) is 133 cm³/mol. The molecule has 7 nitrogen and oxygen atoms in total. The Morgan fingerprint density at radius 3 is 2.43 bits per heavy atom. The molecule has 3 amide bonds. The molecule has 0 saturated carbocycles. The molecule has 182 valence electrons. The van der Waals surface area contributed by atoms with Crippen molar-refractivity contribution < 1.29 is 18.7 Å². The van der Waals surface area contributed by atoms with Crippen LogP contribution in [0.4, 0.5) is 14.9 Å². The van der Waals surface area contributed by atoms with Crippen LogP contribution in [-0.2, 0) is 22.6 Å². The van der Waals surface area contributed by atoms with Crippen LogP contribution in [0, 0.1) is 17.1 Å². The highest BCUT2D eigenvalue weighted by molar-refractivity contribution is 7.09. The Labute approximate surface area is 208 Å². The fourth-order valence-corrected chi connectivity index (χ4v) is 4.10. The van der Waals surface area contributed by atoms with Crippen LogP contribution in [-0.4, -0.2) is 48.5 Å². The van der Waals surface area contributed by atoms with Gasteiger partial charge in [-0.15, -0.1) is 11.3 Å². The van der Waals surface area contributed by atoms with Crippen molar-refractivity contribution in [2.75, 3.05) is 32.1 Å². The number of benzene rings is 2. The van der Waals surface area contributed by atoms with Crippen LogP contribution in [0.1, 0.15) is 22.4 Å². The molecule has 0 atom stereocenters. The van der Waals surface area contributed by atoms with Gasteiger partial charge in [-0.05, 0) is 59.8 Å². The highest BCUT2D eigenvalue weighted by Gasteiger charge is 2.22. The summed E-state index contributed by atoms with van der Waals surface area (Å²) < 4.78 is 18.5. The molecule has 0 aliphatic heterocycles. The first-order chi connectivity index (χ1) is 17.0. The monoisotopic (exact) mass is 494 g/mol. The predicted octanol–water partition coefficient (Wildman–Crippen LogP) is 4.86. The second kappa shape index (κ2) is 13.2. The molecule has 0 aliphatic carbocycles. The van der Waals surface area contributed by atoms with E-state index in [1.165, 1.54) is 17.0 Å². The lowest BCUT2D eigenvalue weighted by Crippen LogP contribution is -2.44. The highest BCUT2D eigenvalue weighted by atomic mass is 32.1. The van der Waals surface area contributed by atoms with Crippen LogP contribution >= 0.6 is 11.3 Å². The number of urea groups is 1. The van der Waals surface area contributed by atoms with Gasteiger partial charge >= 0.3 is 6.03 Å². The van der Waals surface area contributed by atoms with Gasteiger partial charge in [0.2, 0.25) is 5.91 Å². The fourth-order valence-electron chi connectivity index (χ4n) is 3.38. The van der Waals surface area contributed by atoms with Crippen molar-refractivity contribution in [3.8, 4) is 6.07 Å². The normalized spacial score (nSPS) is 10.4. The maximum Gasteiger partial charge on any atom is 0.322 e. The van der Waals surface area contributed by atoms with Gasteiger partial charge < -0.3 is 19.9 Å². The molecule has 1 heterocycles. The Morgan fingerprint density at radius 2 is 1.80 bits per heavy atom. The third kappa shape index (κ3) is 8.21. The third-order valence-electron chi connectivity index (χ3n) is 5.22. The Bertz CT molecular complexity index is 1130. The van der Waals surface area contributed by atoms with Crippen molar-refractivity contribution in [2.24, 2.45) is 0 Å². The topological polar surface area (TPSA) is 85.7 Å². The van der Waals surface area contributed by atoms with Crippen LogP contribution in [0.5, 0.6) is 0 Å². The Balaban J connectivity index is 1.74. The third-order valence-corrected chi connectivity index (χ3v) is 6.08. The van der Waals surface area contributed by atoms with Crippen molar-refractivity contribution in [2.45, 2.75) is 19.5 Å². The number of nitrogens with zero attached hydrogens (tertiary/aromatic N) is 3. The lowest BCUT2D eigenvalue weighted by molar-refractivity contribution is -0.133. The Morgan fingerprint density at radius 1 is 1.06 bits per heavy atom. The van der Waals surface area contributed by atoms with E-state index in [1.54, 1.807) is 59.7 Å². The van der Waals surface area contributed by atoms with Crippen molar-refractivity contribution in [3.05, 3.63) is 87.9 Å². The minimum Gasteiger partial charge on any atom is -0.385 e. The molecular weight excluding hydrogens is 467 g/mol. The van der Waals surface area contributed by atoms with Crippen LogP contribution in [0.25, 0.3) is 0 Å². The van der Waals surface area contributed by atoms with Gasteiger partial charge in [0, 0.05) is 37.4 Å². The van der Waals surface area contributed by atoms with Crippen LogP contribution in [0.15, 0.2) is 66.0 Å². The number of methoxy groups -OCH3 is 1. The summed E-state index contributed by atoms with van der Waals surface area (Å²) in [7, 11) is 1.58. The molecule has 0 bridgehead atoms. The Hall–Kier alpha value is -3.74. The summed E-state index contributed by atoms with van der Waals surface area (Å²) in [6.07, 6.45) is 0.563. The summed E-state index contributed by atoms with van der Waals surface area (Å²) in [4.78, 5) is 30.5. The summed E-state index contributed by atoms with van der Waals surface area (Å²) in [6.45, 7) is 1.32. The van der Waals surface area contributed by atoms with E-state index >= 15 is 0 Å². The first-order valence-corrected chi connectivity index (χ1v) is 12.0. The summed E-state index contributed by atoms with van der Waals surface area (Å²) >= 11 is 1.54. The SMILES string of the molecule is COCCCN(CC(=O)N(Cc1ccc(F)cc1)Cc1cccs1)C(=O)Nc1ccc(C#N)cc1. The maximum absolute atomic E-state index is 13.4. The number of nitriles is 1. The zero-order valence-corrected chi connectivity index (χ0v) is 20.3. The summed E-state index contributed by atoms with van der Waals surface area (Å²) in [5.74, 6) is -0.566. The van der Waals surface area contributed by atoms with Crippen LogP contribution in [0.3, 0.4) is 0 Å². The van der Waals surface area contributed by atoms with E-state index in [4.69, 9.17) is 10.00 Å². The average molecular weight is 495 g/mol. The highest BCUT2D eigenvalue weighted by Crippen LogP contribution is 2.16. The first-order valence-electron chi connectivity index (χ1n) is 11.1. The second-order valence-corrected chi connectivity index (χ2v) is 8.88. The van der Waals surface area contributed by atoms with Gasteiger partial charge in [-0.1, -0.05) is 18.2 Å². The van der Waals surface area contributed by atoms with E-state index in [1.807, 2.05) is 23.6 Å². The number of thiophene rings is 1. The largest absolute Gasteiger partial charge is 0.385 e. The van der Waals surface area contributed by atoms with E-state index in [0.717, 1.165) is 10.4 Å². The molecule has 0 unspecified atom stereocenters. The number of carbonyl (C=O) groups excluding carboxylic acids is 2. The van der Waals surface area contributed by atoms with Crippen molar-refractivity contribution >= 4 is 29.0 Å². The van der Waals surface area contributed by atoms with Gasteiger partial charge in [-0.2, -0.15) is 5.26 Å². The minimum atomic E-state index is -0.419. The molecule has 0 fully saturated rings. The molecule has 1 N–H and O–H groups in total. The van der Waals surface area contributed by atoms with Gasteiger partial charge in [0.15, 0.2) is 0 Å². The quantitative estimate of drug-likeness (QED) is 0.386. The van der Waals surface area contributed by atoms with E-state index in [0.29, 0.717) is 43.9 Å². The Kier molecular flexibility index (Phi) is 9.78. The lowest BCUT2D eigenvalue weighted by atomic mass is 10.2. The van der Waals surface area contributed by atoms with Gasteiger partial charge in [0.05, 0.1) is 18.2 Å². The summed E-state index contributed by atoms with van der Waals surface area (Å²) in [5.41, 5.74) is 1.81. The molecular formula is C26H27FN4O3S. The average Bonchev–Trinajstić information content (AvgIpc) is 3.38. The number of anilines is 1. The number of amides is 3. The molecule has 9 heteroatoms. The van der Waals surface area contributed by atoms with Crippen molar-refractivity contribution in [1.29, 1.82) is 5.26 Å². The molecule has 0 spiro atoms. The van der Waals surface area contributed by atoms with Crippen molar-refractivity contribution in [1.82, 2.24) is 9.80 Å².